The molecule has 5 aliphatic rings. The lowest BCUT2D eigenvalue weighted by Crippen LogP contribution is -2.46. The van der Waals surface area contributed by atoms with Crippen molar-refractivity contribution in [2.45, 2.75) is 69.1 Å². The molecule has 1 saturated carbocycles. The second-order valence-corrected chi connectivity index (χ2v) is 9.17. The Labute approximate surface area is 182 Å². The molecule has 0 unspecified atom stereocenters. The standard InChI is InChI=1S/C23H32N4O4/c24-22(29)19(28)12-15-2-1-14-11-18-21(20(14)15)23(26-13-25-18)31-17-5-3-16(4-6-17)27-7-9-30-10-8-27/h11,13,15-17,19,28H,1-10,12H2,(H2,24,29)(H,25,26)/t15-,16?,17?,19+/m1/s1. The Balaban J connectivity index is 1.30. The summed E-state index contributed by atoms with van der Waals surface area (Å²) in [6, 6.07) is 2.79. The van der Waals surface area contributed by atoms with Gasteiger partial charge in [-0.25, -0.2) is 4.98 Å². The van der Waals surface area contributed by atoms with E-state index in [9.17, 15) is 9.90 Å². The maximum Gasteiger partial charge on any atom is 0.246 e. The highest BCUT2D eigenvalue weighted by Gasteiger charge is 2.35. The number of carbonyl (C=O) groups excluding carboxylic acids is 1. The average Bonchev–Trinajstić information content (AvgIpc) is 3.35. The van der Waals surface area contributed by atoms with Crippen LogP contribution in [0.15, 0.2) is 12.4 Å². The molecule has 168 valence electrons. The van der Waals surface area contributed by atoms with Gasteiger partial charge in [-0.1, -0.05) is 0 Å². The molecule has 0 aromatic rings. The van der Waals surface area contributed by atoms with Crippen molar-refractivity contribution in [1.82, 2.24) is 14.9 Å². The van der Waals surface area contributed by atoms with Crippen LogP contribution in [-0.4, -0.2) is 70.4 Å². The fraction of sp³-hybridized carbons (Fsp3) is 0.652. The van der Waals surface area contributed by atoms with Crippen molar-refractivity contribution in [3.8, 4) is 17.1 Å². The predicted molar refractivity (Wildman–Crippen MR) is 115 cm³/mol. The molecular weight excluding hydrogens is 396 g/mol. The SMILES string of the molecule is NC(=O)[C@@H](O)C[C@H]1CCc2cc3[nH]cnc(OC4CCC(N5CCOCC5)CC4)c-3c21. The molecule has 0 aromatic carbocycles. The van der Waals surface area contributed by atoms with E-state index in [-0.39, 0.29) is 12.0 Å². The first-order valence-electron chi connectivity index (χ1n) is 11.5. The van der Waals surface area contributed by atoms with E-state index >= 15 is 0 Å². The highest BCUT2D eigenvalue weighted by molar-refractivity contribution is 5.80. The zero-order chi connectivity index (χ0) is 21.4. The number of rotatable bonds is 6. The minimum atomic E-state index is -1.12. The molecule has 0 spiro atoms. The molecule has 4 N–H and O–H groups in total. The molecular formula is C23H32N4O4. The quantitative estimate of drug-likeness (QED) is 0.647. The number of primary amides is 1. The number of carbonyl (C=O) groups is 1. The topological polar surface area (TPSA) is 114 Å². The van der Waals surface area contributed by atoms with E-state index in [0.29, 0.717) is 18.3 Å². The van der Waals surface area contributed by atoms with Crippen LogP contribution in [0.1, 0.15) is 55.6 Å². The molecule has 5 rings (SSSR count). The number of aromatic amines is 1. The summed E-state index contributed by atoms with van der Waals surface area (Å²) in [5, 5.41) is 10.0. The van der Waals surface area contributed by atoms with Crippen LogP contribution in [-0.2, 0) is 16.0 Å². The fourth-order valence-corrected chi connectivity index (χ4v) is 5.69. The van der Waals surface area contributed by atoms with Gasteiger partial charge in [-0.2, -0.15) is 0 Å². The maximum absolute atomic E-state index is 11.4. The van der Waals surface area contributed by atoms with Crippen molar-refractivity contribution in [1.29, 1.82) is 0 Å². The van der Waals surface area contributed by atoms with E-state index in [0.717, 1.165) is 81.6 Å². The summed E-state index contributed by atoms with van der Waals surface area (Å²) >= 11 is 0. The second kappa shape index (κ2) is 8.76. The van der Waals surface area contributed by atoms with E-state index in [2.05, 4.69) is 20.9 Å². The number of H-pyrrole nitrogens is 1. The lowest BCUT2D eigenvalue weighted by Gasteiger charge is -2.38. The van der Waals surface area contributed by atoms with Gasteiger partial charge in [-0.05, 0) is 68.1 Å². The van der Waals surface area contributed by atoms with Crippen LogP contribution in [0, 0.1) is 0 Å². The summed E-state index contributed by atoms with van der Waals surface area (Å²) in [5.74, 6) is 0.0970. The first-order chi connectivity index (χ1) is 15.1. The van der Waals surface area contributed by atoms with E-state index in [1.807, 2.05) is 0 Å². The third-order valence-electron chi connectivity index (χ3n) is 7.31. The van der Waals surface area contributed by atoms with Crippen molar-refractivity contribution < 1.29 is 19.4 Å². The molecule has 0 bridgehead atoms. The summed E-state index contributed by atoms with van der Waals surface area (Å²) in [5.41, 5.74) is 9.73. The maximum atomic E-state index is 11.4. The van der Waals surface area contributed by atoms with Gasteiger partial charge >= 0.3 is 0 Å². The summed E-state index contributed by atoms with van der Waals surface area (Å²) in [4.78, 5) is 21.7. The summed E-state index contributed by atoms with van der Waals surface area (Å²) < 4.78 is 11.9. The molecule has 0 radical (unpaired) electrons. The Morgan fingerprint density at radius 2 is 2.06 bits per heavy atom. The van der Waals surface area contributed by atoms with Gasteiger partial charge < -0.3 is 25.3 Å². The highest BCUT2D eigenvalue weighted by atomic mass is 16.5. The number of aromatic nitrogens is 2. The lowest BCUT2D eigenvalue weighted by molar-refractivity contribution is -0.126. The first kappa shape index (κ1) is 20.7. The van der Waals surface area contributed by atoms with Crippen molar-refractivity contribution in [2.75, 3.05) is 26.3 Å². The monoisotopic (exact) mass is 428 g/mol. The van der Waals surface area contributed by atoms with Crippen LogP contribution in [0.5, 0.6) is 5.88 Å². The number of hydrogen-bond donors (Lipinski definition) is 3. The number of morpholine rings is 1. The van der Waals surface area contributed by atoms with Crippen LogP contribution in [0.3, 0.4) is 0 Å². The zero-order valence-corrected chi connectivity index (χ0v) is 17.9. The Bertz CT molecular complexity index is 886. The van der Waals surface area contributed by atoms with E-state index in [4.69, 9.17) is 15.2 Å². The van der Waals surface area contributed by atoms with E-state index < -0.39 is 12.0 Å². The first-order valence-corrected chi connectivity index (χ1v) is 11.5. The zero-order valence-electron chi connectivity index (χ0n) is 17.9. The fourth-order valence-electron chi connectivity index (χ4n) is 5.69. The van der Waals surface area contributed by atoms with Crippen LogP contribution < -0.4 is 10.5 Å². The Morgan fingerprint density at radius 1 is 1.29 bits per heavy atom. The molecule has 3 aliphatic carbocycles. The smallest absolute Gasteiger partial charge is 0.246 e. The van der Waals surface area contributed by atoms with Gasteiger partial charge in [-0.15, -0.1) is 0 Å². The number of nitrogens with zero attached hydrogens (tertiary/aromatic N) is 2. The van der Waals surface area contributed by atoms with Gasteiger partial charge in [0.15, 0.2) is 0 Å². The minimum Gasteiger partial charge on any atom is -0.474 e. The number of aliphatic hydroxyl groups is 1. The molecule has 2 aliphatic heterocycles. The molecule has 31 heavy (non-hydrogen) atoms. The Hall–Kier alpha value is -2.16. The van der Waals surface area contributed by atoms with Crippen LogP contribution >= 0.6 is 0 Å². The predicted octanol–water partition coefficient (Wildman–Crippen LogP) is 1.80. The van der Waals surface area contributed by atoms with Crippen LogP contribution in [0.4, 0.5) is 0 Å². The van der Waals surface area contributed by atoms with Gasteiger partial charge in [0, 0.05) is 19.1 Å². The summed E-state index contributed by atoms with van der Waals surface area (Å²) in [7, 11) is 0. The van der Waals surface area contributed by atoms with Gasteiger partial charge in [0.1, 0.15) is 12.2 Å². The number of ether oxygens (including phenoxy) is 2. The van der Waals surface area contributed by atoms with Crippen molar-refractivity contribution in [3.05, 3.63) is 23.5 Å². The molecule has 0 aromatic heterocycles. The van der Waals surface area contributed by atoms with Gasteiger partial charge in [0.25, 0.3) is 0 Å². The van der Waals surface area contributed by atoms with Crippen LogP contribution in [0.25, 0.3) is 11.3 Å². The number of aliphatic hydroxyl groups excluding tert-OH is 1. The largest absolute Gasteiger partial charge is 0.474 e. The number of fused-ring (bicyclic) bond motifs is 3. The number of amides is 1. The second-order valence-electron chi connectivity index (χ2n) is 9.17. The number of nitrogens with one attached hydrogen (secondary N) is 1. The molecule has 2 atom stereocenters. The molecule has 2 heterocycles. The molecule has 8 heteroatoms. The van der Waals surface area contributed by atoms with Gasteiger partial charge in [0.2, 0.25) is 11.8 Å². The Morgan fingerprint density at radius 3 is 2.81 bits per heavy atom. The average molecular weight is 429 g/mol. The molecule has 8 nitrogen and oxygen atoms in total. The molecule has 1 saturated heterocycles. The van der Waals surface area contributed by atoms with Gasteiger partial charge in [0.05, 0.1) is 30.8 Å². The minimum absolute atomic E-state index is 0.0898. The van der Waals surface area contributed by atoms with E-state index in [1.54, 1.807) is 6.33 Å². The number of nitrogens with two attached hydrogens (primary N) is 1. The molecule has 2 fully saturated rings. The lowest BCUT2D eigenvalue weighted by atomic mass is 9.91. The summed E-state index contributed by atoms with van der Waals surface area (Å²) in [6.45, 7) is 3.75. The Kier molecular flexibility index (Phi) is 5.86. The van der Waals surface area contributed by atoms with Gasteiger partial charge in [-0.3, -0.25) is 9.69 Å². The normalized spacial score (nSPS) is 27.8. The summed E-state index contributed by atoms with van der Waals surface area (Å²) in [6.07, 6.45) is 7.24. The third kappa shape index (κ3) is 4.16. The van der Waals surface area contributed by atoms with Crippen molar-refractivity contribution in [3.63, 3.8) is 0 Å². The highest BCUT2D eigenvalue weighted by Crippen LogP contribution is 2.48. The van der Waals surface area contributed by atoms with E-state index in [1.165, 1.54) is 5.56 Å². The number of hydrogen-bond acceptors (Lipinski definition) is 6. The number of aryl methyl sites for hydroxylation is 1. The third-order valence-corrected chi connectivity index (χ3v) is 7.31. The van der Waals surface area contributed by atoms with Crippen molar-refractivity contribution in [2.24, 2.45) is 5.73 Å². The molecule has 1 amide bonds. The van der Waals surface area contributed by atoms with Crippen LogP contribution in [0.2, 0.25) is 0 Å². The van der Waals surface area contributed by atoms with Crippen molar-refractivity contribution >= 4 is 5.91 Å².